The van der Waals surface area contributed by atoms with Gasteiger partial charge in [0.05, 0.1) is 6.20 Å². The summed E-state index contributed by atoms with van der Waals surface area (Å²) >= 11 is 0. The second-order valence-corrected chi connectivity index (χ2v) is 5.95. The van der Waals surface area contributed by atoms with Gasteiger partial charge in [0.1, 0.15) is 0 Å². The topological polar surface area (TPSA) is 44.0 Å². The second kappa shape index (κ2) is 7.38. The minimum atomic E-state index is 0.566. The van der Waals surface area contributed by atoms with Crippen LogP contribution in [0.1, 0.15) is 36.2 Å². The summed E-state index contributed by atoms with van der Waals surface area (Å²) in [6.07, 6.45) is 1.89. The van der Waals surface area contributed by atoms with Crippen LogP contribution in [0.4, 0.5) is 0 Å². The number of aryl methyl sites for hydroxylation is 1. The average Bonchev–Trinajstić information content (AvgIpc) is 2.85. The average molecular weight is 286 g/mol. The van der Waals surface area contributed by atoms with Crippen LogP contribution in [0.2, 0.25) is 0 Å². The van der Waals surface area contributed by atoms with E-state index in [0.29, 0.717) is 6.04 Å². The molecule has 4 heteroatoms. The Morgan fingerprint density at radius 1 is 1.24 bits per heavy atom. The quantitative estimate of drug-likeness (QED) is 0.822. The van der Waals surface area contributed by atoms with Crippen molar-refractivity contribution in [3.8, 4) is 0 Å². The molecule has 0 atom stereocenters. The van der Waals surface area contributed by atoms with Crippen molar-refractivity contribution in [2.75, 3.05) is 7.05 Å². The third-order valence-corrected chi connectivity index (χ3v) is 3.88. The van der Waals surface area contributed by atoms with Crippen LogP contribution in [-0.4, -0.2) is 28.2 Å². The van der Waals surface area contributed by atoms with E-state index < -0.39 is 0 Å². The largest absolute Gasteiger partial charge is 0.308 e. The lowest BCUT2D eigenvalue weighted by Gasteiger charge is -2.21. The molecule has 2 rings (SSSR count). The maximum Gasteiger partial charge on any atom is 0.0535 e. The molecule has 4 nitrogen and oxygen atoms in total. The van der Waals surface area contributed by atoms with Crippen molar-refractivity contribution >= 4 is 0 Å². The Labute approximate surface area is 127 Å². The molecule has 0 unspecified atom stereocenters. The molecule has 0 amide bonds. The molecule has 21 heavy (non-hydrogen) atoms. The lowest BCUT2D eigenvalue weighted by Crippen LogP contribution is -2.25. The number of hydrogen-bond acceptors (Lipinski definition) is 3. The van der Waals surface area contributed by atoms with Crippen LogP contribution in [0.25, 0.3) is 0 Å². The standard InChI is InChI=1S/C17H26N4/c1-13(2)21(4)12-16-7-5-6-15(8-16)9-18-10-17-11-19-20-14(17)3/h5-8,11,13,18H,9-10,12H2,1-4H3,(H,19,20). The summed E-state index contributed by atoms with van der Waals surface area (Å²) in [5.74, 6) is 0. The summed E-state index contributed by atoms with van der Waals surface area (Å²) in [4.78, 5) is 2.35. The number of hydrogen-bond donors (Lipinski definition) is 2. The third kappa shape index (κ3) is 4.69. The van der Waals surface area contributed by atoms with E-state index in [9.17, 15) is 0 Å². The highest BCUT2D eigenvalue weighted by Crippen LogP contribution is 2.10. The first kappa shape index (κ1) is 15.7. The van der Waals surface area contributed by atoms with Crippen LogP contribution in [-0.2, 0) is 19.6 Å². The fourth-order valence-electron chi connectivity index (χ4n) is 2.20. The van der Waals surface area contributed by atoms with Crippen LogP contribution in [0, 0.1) is 6.92 Å². The van der Waals surface area contributed by atoms with E-state index in [2.05, 4.69) is 65.6 Å². The van der Waals surface area contributed by atoms with Crippen LogP contribution in [0.3, 0.4) is 0 Å². The summed E-state index contributed by atoms with van der Waals surface area (Å²) in [7, 11) is 2.16. The van der Waals surface area contributed by atoms with E-state index in [1.807, 2.05) is 13.1 Å². The van der Waals surface area contributed by atoms with Gasteiger partial charge in [0, 0.05) is 36.9 Å². The number of H-pyrrole nitrogens is 1. The molecule has 0 aliphatic carbocycles. The Kier molecular flexibility index (Phi) is 5.53. The zero-order valence-corrected chi connectivity index (χ0v) is 13.5. The van der Waals surface area contributed by atoms with Gasteiger partial charge in [-0.15, -0.1) is 0 Å². The van der Waals surface area contributed by atoms with Crippen LogP contribution in [0.5, 0.6) is 0 Å². The van der Waals surface area contributed by atoms with Crippen LogP contribution >= 0.6 is 0 Å². The van der Waals surface area contributed by atoms with E-state index >= 15 is 0 Å². The maximum absolute atomic E-state index is 4.04. The van der Waals surface area contributed by atoms with Gasteiger partial charge in [-0.25, -0.2) is 0 Å². The Morgan fingerprint density at radius 2 is 2.00 bits per heavy atom. The van der Waals surface area contributed by atoms with Gasteiger partial charge < -0.3 is 5.32 Å². The number of nitrogens with zero attached hydrogens (tertiary/aromatic N) is 2. The Morgan fingerprint density at radius 3 is 2.67 bits per heavy atom. The molecule has 0 saturated carbocycles. The van der Waals surface area contributed by atoms with Crippen molar-refractivity contribution in [1.82, 2.24) is 20.4 Å². The molecular formula is C17H26N4. The molecule has 1 heterocycles. The highest BCUT2D eigenvalue weighted by atomic mass is 15.1. The predicted octanol–water partition coefficient (Wildman–Crippen LogP) is 2.85. The molecule has 0 aliphatic heterocycles. The summed E-state index contributed by atoms with van der Waals surface area (Å²) < 4.78 is 0. The highest BCUT2D eigenvalue weighted by Gasteiger charge is 2.05. The van der Waals surface area contributed by atoms with E-state index in [-0.39, 0.29) is 0 Å². The molecule has 0 aliphatic rings. The lowest BCUT2D eigenvalue weighted by molar-refractivity contribution is 0.266. The lowest BCUT2D eigenvalue weighted by atomic mass is 10.1. The Balaban J connectivity index is 1.87. The highest BCUT2D eigenvalue weighted by molar-refractivity contribution is 5.23. The van der Waals surface area contributed by atoms with Gasteiger partial charge in [-0.05, 0) is 38.9 Å². The third-order valence-electron chi connectivity index (χ3n) is 3.88. The van der Waals surface area contributed by atoms with Gasteiger partial charge in [0.2, 0.25) is 0 Å². The number of rotatable bonds is 7. The van der Waals surface area contributed by atoms with E-state index in [4.69, 9.17) is 0 Å². The van der Waals surface area contributed by atoms with Gasteiger partial charge >= 0.3 is 0 Å². The zero-order chi connectivity index (χ0) is 15.2. The first-order valence-electron chi connectivity index (χ1n) is 7.54. The maximum atomic E-state index is 4.04. The number of aromatic nitrogens is 2. The molecule has 2 N–H and O–H groups in total. The van der Waals surface area contributed by atoms with Crippen LogP contribution < -0.4 is 5.32 Å². The smallest absolute Gasteiger partial charge is 0.0535 e. The second-order valence-electron chi connectivity index (χ2n) is 5.95. The van der Waals surface area contributed by atoms with Crippen molar-refractivity contribution in [3.05, 3.63) is 52.8 Å². The van der Waals surface area contributed by atoms with E-state index in [1.54, 1.807) is 0 Å². The summed E-state index contributed by atoms with van der Waals surface area (Å²) in [6, 6.07) is 9.37. The van der Waals surface area contributed by atoms with Gasteiger partial charge in [-0.2, -0.15) is 5.10 Å². The van der Waals surface area contributed by atoms with Crippen molar-refractivity contribution in [2.24, 2.45) is 0 Å². The minimum absolute atomic E-state index is 0.566. The van der Waals surface area contributed by atoms with Crippen LogP contribution in [0.15, 0.2) is 30.5 Å². The first-order chi connectivity index (χ1) is 10.1. The normalized spacial score (nSPS) is 11.5. The fraction of sp³-hybridized carbons (Fsp3) is 0.471. The molecule has 0 spiro atoms. The van der Waals surface area contributed by atoms with E-state index in [0.717, 1.165) is 25.3 Å². The van der Waals surface area contributed by atoms with Gasteiger partial charge in [-0.1, -0.05) is 24.3 Å². The van der Waals surface area contributed by atoms with Crippen molar-refractivity contribution in [3.63, 3.8) is 0 Å². The van der Waals surface area contributed by atoms with Gasteiger partial charge in [0.15, 0.2) is 0 Å². The Hall–Kier alpha value is -1.65. The van der Waals surface area contributed by atoms with Gasteiger partial charge in [-0.3, -0.25) is 10.00 Å². The van der Waals surface area contributed by atoms with Gasteiger partial charge in [0.25, 0.3) is 0 Å². The summed E-state index contributed by atoms with van der Waals surface area (Å²) in [5, 5.41) is 10.5. The van der Waals surface area contributed by atoms with Crippen molar-refractivity contribution in [1.29, 1.82) is 0 Å². The number of nitrogens with one attached hydrogen (secondary N) is 2. The van der Waals surface area contributed by atoms with E-state index in [1.165, 1.54) is 16.7 Å². The molecular weight excluding hydrogens is 260 g/mol. The molecule has 0 radical (unpaired) electrons. The fourth-order valence-corrected chi connectivity index (χ4v) is 2.20. The van der Waals surface area contributed by atoms with Crippen molar-refractivity contribution in [2.45, 2.75) is 46.4 Å². The Bertz CT molecular complexity index is 559. The molecule has 0 bridgehead atoms. The molecule has 2 aromatic rings. The molecule has 1 aromatic carbocycles. The number of benzene rings is 1. The predicted molar refractivity (Wildman–Crippen MR) is 86.9 cm³/mol. The number of aromatic amines is 1. The monoisotopic (exact) mass is 286 g/mol. The zero-order valence-electron chi connectivity index (χ0n) is 13.5. The SMILES string of the molecule is Cc1[nH]ncc1CNCc1cccc(CN(C)C(C)C)c1. The molecule has 1 aromatic heterocycles. The first-order valence-corrected chi connectivity index (χ1v) is 7.54. The molecule has 0 fully saturated rings. The van der Waals surface area contributed by atoms with Crippen molar-refractivity contribution < 1.29 is 0 Å². The summed E-state index contributed by atoms with van der Waals surface area (Å²) in [5.41, 5.74) is 5.05. The summed E-state index contributed by atoms with van der Waals surface area (Å²) in [6.45, 7) is 9.21. The molecule has 114 valence electrons. The minimum Gasteiger partial charge on any atom is -0.308 e. The molecule has 0 saturated heterocycles.